The fourth-order valence-electron chi connectivity index (χ4n) is 2.47. The molecule has 0 radical (unpaired) electrons. The van der Waals surface area contributed by atoms with Crippen molar-refractivity contribution in [3.63, 3.8) is 0 Å². The molecule has 0 bridgehead atoms. The lowest BCUT2D eigenvalue weighted by Gasteiger charge is -2.14. The van der Waals surface area contributed by atoms with Crippen molar-refractivity contribution in [3.05, 3.63) is 65.9 Å². The second-order valence-corrected chi connectivity index (χ2v) is 6.24. The first-order valence-electron chi connectivity index (χ1n) is 8.33. The predicted molar refractivity (Wildman–Crippen MR) is 98.4 cm³/mol. The molecule has 3 aromatic rings. The van der Waals surface area contributed by atoms with Crippen molar-refractivity contribution in [2.45, 2.75) is 25.9 Å². The zero-order valence-corrected chi connectivity index (χ0v) is 14.7. The Morgan fingerprint density at radius 1 is 0.926 bits per heavy atom. The van der Waals surface area contributed by atoms with Gasteiger partial charge in [0.15, 0.2) is 5.82 Å². The highest BCUT2D eigenvalue weighted by Gasteiger charge is 2.33. The third kappa shape index (κ3) is 4.72. The first kappa shape index (κ1) is 18.6. The summed E-state index contributed by atoms with van der Waals surface area (Å²) in [6, 6.07) is 12.9. The van der Waals surface area contributed by atoms with Crippen molar-refractivity contribution in [1.29, 1.82) is 0 Å². The topological polar surface area (TPSA) is 62.7 Å². The maximum Gasteiger partial charge on any atom is 0.418 e. The molecular weight excluding hydrogens is 355 g/mol. The molecule has 0 aliphatic heterocycles. The number of benzene rings is 2. The summed E-state index contributed by atoms with van der Waals surface area (Å²) in [7, 11) is 0. The van der Waals surface area contributed by atoms with Crippen LogP contribution in [0.5, 0.6) is 0 Å². The van der Waals surface area contributed by atoms with Crippen molar-refractivity contribution < 1.29 is 13.2 Å². The number of hydrogen-bond donors (Lipinski definition) is 2. The second-order valence-electron chi connectivity index (χ2n) is 6.24. The maximum absolute atomic E-state index is 13.1. The predicted octanol–water partition coefficient (Wildman–Crippen LogP) is 5.50. The number of nitrogens with one attached hydrogen (secondary N) is 2. The quantitative estimate of drug-likeness (QED) is 0.618. The third-order valence-electron chi connectivity index (χ3n) is 3.89. The number of rotatable bonds is 5. The van der Waals surface area contributed by atoms with Crippen LogP contribution in [-0.4, -0.2) is 15.2 Å². The van der Waals surface area contributed by atoms with Gasteiger partial charge in [-0.1, -0.05) is 38.1 Å². The van der Waals surface area contributed by atoms with Gasteiger partial charge in [-0.15, -0.1) is 5.10 Å². The standard InChI is InChI=1S/C19H18F3N5/c1-12(2)13-7-9-14(10-8-13)24-18-26-17(11-23-27-18)25-16-6-4-3-5-15(16)19(20,21)22/h3-12H,1-2H3,(H2,24,25,26,27). The number of halogens is 3. The Bertz CT molecular complexity index is 908. The highest BCUT2D eigenvalue weighted by Crippen LogP contribution is 2.35. The van der Waals surface area contributed by atoms with E-state index in [-0.39, 0.29) is 17.5 Å². The Balaban J connectivity index is 1.79. The van der Waals surface area contributed by atoms with Gasteiger partial charge in [-0.2, -0.15) is 23.3 Å². The van der Waals surface area contributed by atoms with Gasteiger partial charge in [0.1, 0.15) is 0 Å². The van der Waals surface area contributed by atoms with E-state index in [0.29, 0.717) is 5.92 Å². The molecule has 2 aromatic carbocycles. The fourth-order valence-corrected chi connectivity index (χ4v) is 2.47. The van der Waals surface area contributed by atoms with Gasteiger partial charge in [-0.3, -0.25) is 0 Å². The van der Waals surface area contributed by atoms with Gasteiger partial charge in [0.25, 0.3) is 0 Å². The summed E-state index contributed by atoms with van der Waals surface area (Å²) >= 11 is 0. The van der Waals surface area contributed by atoms with Gasteiger partial charge in [-0.05, 0) is 35.7 Å². The second kappa shape index (κ2) is 7.61. The van der Waals surface area contributed by atoms with E-state index in [1.54, 1.807) is 0 Å². The van der Waals surface area contributed by atoms with Crippen LogP contribution in [0, 0.1) is 0 Å². The minimum atomic E-state index is -4.47. The summed E-state index contributed by atoms with van der Waals surface area (Å²) in [5.41, 5.74) is 1.08. The van der Waals surface area contributed by atoms with E-state index in [1.807, 2.05) is 24.3 Å². The molecule has 0 saturated heterocycles. The lowest BCUT2D eigenvalue weighted by Crippen LogP contribution is -2.09. The van der Waals surface area contributed by atoms with E-state index in [9.17, 15) is 13.2 Å². The summed E-state index contributed by atoms with van der Waals surface area (Å²) in [5.74, 6) is 0.753. The van der Waals surface area contributed by atoms with Crippen molar-refractivity contribution in [3.8, 4) is 0 Å². The first-order chi connectivity index (χ1) is 12.8. The molecule has 8 heteroatoms. The summed E-state index contributed by atoms with van der Waals surface area (Å²) in [6.07, 6.45) is -3.20. The highest BCUT2D eigenvalue weighted by molar-refractivity contribution is 5.62. The third-order valence-corrected chi connectivity index (χ3v) is 3.89. The smallest absolute Gasteiger partial charge is 0.338 e. The number of alkyl halides is 3. The molecule has 27 heavy (non-hydrogen) atoms. The molecule has 0 amide bonds. The minimum absolute atomic E-state index is 0.0993. The van der Waals surface area contributed by atoms with Gasteiger partial charge in [0.2, 0.25) is 5.95 Å². The average molecular weight is 373 g/mol. The van der Waals surface area contributed by atoms with Gasteiger partial charge in [0, 0.05) is 5.69 Å². The van der Waals surface area contributed by atoms with E-state index in [1.165, 1.54) is 30.0 Å². The molecule has 5 nitrogen and oxygen atoms in total. The molecule has 2 N–H and O–H groups in total. The van der Waals surface area contributed by atoms with Crippen molar-refractivity contribution in [2.24, 2.45) is 0 Å². The number of anilines is 4. The van der Waals surface area contributed by atoms with Crippen LogP contribution in [0.1, 0.15) is 30.9 Å². The lowest BCUT2D eigenvalue weighted by molar-refractivity contribution is -0.136. The van der Waals surface area contributed by atoms with Crippen LogP contribution in [0.3, 0.4) is 0 Å². The zero-order chi connectivity index (χ0) is 19.4. The van der Waals surface area contributed by atoms with Gasteiger partial charge < -0.3 is 10.6 Å². The van der Waals surface area contributed by atoms with Gasteiger partial charge in [0.05, 0.1) is 17.4 Å². The summed E-state index contributed by atoms with van der Waals surface area (Å²) in [4.78, 5) is 4.18. The Morgan fingerprint density at radius 2 is 1.63 bits per heavy atom. The fraction of sp³-hybridized carbons (Fsp3) is 0.211. The van der Waals surface area contributed by atoms with Crippen LogP contribution in [0.4, 0.5) is 36.3 Å². The normalized spacial score (nSPS) is 11.5. The van der Waals surface area contributed by atoms with Crippen LogP contribution in [-0.2, 0) is 6.18 Å². The van der Waals surface area contributed by atoms with E-state index >= 15 is 0 Å². The highest BCUT2D eigenvalue weighted by atomic mass is 19.4. The Hall–Kier alpha value is -3.16. The van der Waals surface area contributed by atoms with E-state index in [0.717, 1.165) is 11.8 Å². The molecule has 0 atom stereocenters. The first-order valence-corrected chi connectivity index (χ1v) is 8.33. The van der Waals surface area contributed by atoms with E-state index < -0.39 is 11.7 Å². The molecular formula is C19H18F3N5. The lowest BCUT2D eigenvalue weighted by atomic mass is 10.0. The number of aromatic nitrogens is 3. The van der Waals surface area contributed by atoms with Crippen LogP contribution >= 0.6 is 0 Å². The molecule has 3 rings (SSSR count). The van der Waals surface area contributed by atoms with Crippen LogP contribution in [0.25, 0.3) is 0 Å². The largest absolute Gasteiger partial charge is 0.418 e. The monoisotopic (exact) mass is 373 g/mol. The van der Waals surface area contributed by atoms with Crippen LogP contribution in [0.15, 0.2) is 54.7 Å². The Morgan fingerprint density at radius 3 is 2.30 bits per heavy atom. The molecule has 0 aliphatic carbocycles. The van der Waals surface area contributed by atoms with Gasteiger partial charge >= 0.3 is 6.18 Å². The zero-order valence-electron chi connectivity index (χ0n) is 14.7. The molecule has 140 valence electrons. The number of hydrogen-bond acceptors (Lipinski definition) is 5. The molecule has 0 spiro atoms. The van der Waals surface area contributed by atoms with Crippen molar-refractivity contribution in [2.75, 3.05) is 10.6 Å². The Labute approximate surface area is 154 Å². The summed E-state index contributed by atoms with van der Waals surface area (Å²) < 4.78 is 39.3. The Kier molecular flexibility index (Phi) is 5.25. The minimum Gasteiger partial charge on any atom is -0.338 e. The number of nitrogens with zero attached hydrogens (tertiary/aromatic N) is 3. The molecule has 0 aliphatic rings. The van der Waals surface area contributed by atoms with E-state index in [4.69, 9.17) is 0 Å². The summed E-state index contributed by atoms with van der Waals surface area (Å²) in [5, 5.41) is 13.3. The SMILES string of the molecule is CC(C)c1ccc(Nc2nncc(Nc3ccccc3C(F)(F)F)n2)cc1. The molecule has 0 unspecified atom stereocenters. The van der Waals surface area contributed by atoms with E-state index in [2.05, 4.69) is 39.7 Å². The number of para-hydroxylation sites is 1. The van der Waals surface area contributed by atoms with Crippen molar-refractivity contribution in [1.82, 2.24) is 15.2 Å². The van der Waals surface area contributed by atoms with Crippen LogP contribution in [0.2, 0.25) is 0 Å². The van der Waals surface area contributed by atoms with Crippen LogP contribution < -0.4 is 10.6 Å². The molecule has 1 heterocycles. The van der Waals surface area contributed by atoms with Gasteiger partial charge in [-0.25, -0.2) is 0 Å². The van der Waals surface area contributed by atoms with Crippen molar-refractivity contribution >= 4 is 23.1 Å². The maximum atomic E-state index is 13.1. The molecule has 0 fully saturated rings. The average Bonchev–Trinajstić information content (AvgIpc) is 2.62. The molecule has 1 aromatic heterocycles. The molecule has 0 saturated carbocycles. The summed E-state index contributed by atoms with van der Waals surface area (Å²) in [6.45, 7) is 4.20.